The summed E-state index contributed by atoms with van der Waals surface area (Å²) in [5, 5.41) is 1.32. The molecule has 0 aliphatic carbocycles. The van der Waals surface area contributed by atoms with E-state index in [4.69, 9.17) is 5.73 Å². The van der Waals surface area contributed by atoms with Crippen LogP contribution in [0.4, 0.5) is 11.4 Å². The highest BCUT2D eigenvalue weighted by molar-refractivity contribution is 7.87. The van der Waals surface area contributed by atoms with Crippen molar-refractivity contribution in [3.63, 3.8) is 0 Å². The van der Waals surface area contributed by atoms with E-state index >= 15 is 0 Å². The number of fused-ring (bicyclic) bond motifs is 1. The second-order valence-electron chi connectivity index (χ2n) is 6.50. The lowest BCUT2D eigenvalue weighted by molar-refractivity contribution is 0.102. The highest BCUT2D eigenvalue weighted by Crippen LogP contribution is 2.35. The average Bonchev–Trinajstić information content (AvgIpc) is 2.64. The number of anilines is 2. The van der Waals surface area contributed by atoms with E-state index in [1.54, 1.807) is 0 Å². The van der Waals surface area contributed by atoms with Crippen LogP contribution < -0.4 is 11.1 Å². The van der Waals surface area contributed by atoms with Crippen molar-refractivity contribution >= 4 is 58.4 Å². The minimum atomic E-state index is -5.15. The molecule has 0 saturated heterocycles. The molecule has 3 aromatic rings. The van der Waals surface area contributed by atoms with Crippen LogP contribution in [0.2, 0.25) is 0 Å². The lowest BCUT2D eigenvalue weighted by Crippen LogP contribution is -2.14. The lowest BCUT2D eigenvalue weighted by atomic mass is 10.1. The van der Waals surface area contributed by atoms with Crippen LogP contribution in [0.3, 0.4) is 0 Å². The molecule has 0 radical (unpaired) electrons. The number of hydrogen-bond donors (Lipinski definition) is 5. The molecule has 0 aliphatic rings. The lowest BCUT2D eigenvalue weighted by Gasteiger charge is -2.14. The summed E-state index contributed by atoms with van der Waals surface area (Å²) in [6, 6.07) is 8.08. The molecule has 170 valence electrons. The van der Waals surface area contributed by atoms with Crippen molar-refractivity contribution in [3.05, 3.63) is 54.1 Å². The van der Waals surface area contributed by atoms with Crippen LogP contribution in [-0.2, 0) is 30.4 Å². The molecule has 0 spiro atoms. The maximum Gasteiger partial charge on any atom is 0.295 e. The standard InChI is InChI=1S/C17H14N2O10S3/c18-11-3-1-2-9(4-11)17(20)19-14-7-12(30(21,22)23)5-10-6-13(31(24,25)26)8-15(16(10)14)32(27,28)29/h1-8H,18H2,(H,19,20)(H,21,22,23)(H,24,25,26)(H,27,28,29). The number of benzene rings is 3. The van der Waals surface area contributed by atoms with Crippen LogP contribution in [0, 0.1) is 0 Å². The van der Waals surface area contributed by atoms with Gasteiger partial charge in [0.05, 0.1) is 15.5 Å². The Hall–Kier alpha value is -3.08. The van der Waals surface area contributed by atoms with Crippen molar-refractivity contribution in [2.45, 2.75) is 14.7 Å². The molecule has 1 amide bonds. The molecule has 0 aliphatic heterocycles. The van der Waals surface area contributed by atoms with Crippen LogP contribution in [0.15, 0.2) is 63.2 Å². The number of hydrogen-bond acceptors (Lipinski definition) is 8. The topological polar surface area (TPSA) is 218 Å². The minimum absolute atomic E-state index is 0.00151. The smallest absolute Gasteiger partial charge is 0.295 e. The summed E-state index contributed by atoms with van der Waals surface area (Å²) in [4.78, 5) is 9.76. The van der Waals surface area contributed by atoms with Crippen LogP contribution in [0.25, 0.3) is 10.8 Å². The highest BCUT2D eigenvalue weighted by atomic mass is 32.2. The first kappa shape index (κ1) is 23.6. The van der Waals surface area contributed by atoms with Gasteiger partial charge in [-0.2, -0.15) is 25.3 Å². The van der Waals surface area contributed by atoms with Crippen LogP contribution in [-0.4, -0.2) is 44.8 Å². The first-order valence-electron chi connectivity index (χ1n) is 8.28. The first-order chi connectivity index (χ1) is 14.6. The van der Waals surface area contributed by atoms with E-state index in [1.165, 1.54) is 24.3 Å². The number of carbonyl (C=O) groups excluding carboxylic acids is 1. The van der Waals surface area contributed by atoms with Gasteiger partial charge in [0.2, 0.25) is 0 Å². The van der Waals surface area contributed by atoms with E-state index in [-0.39, 0.29) is 11.3 Å². The average molecular weight is 503 g/mol. The number of nitrogens with two attached hydrogens (primary N) is 1. The monoisotopic (exact) mass is 502 g/mol. The second-order valence-corrected chi connectivity index (χ2v) is 10.7. The Morgan fingerprint density at radius 3 is 1.84 bits per heavy atom. The molecule has 15 heteroatoms. The first-order valence-corrected chi connectivity index (χ1v) is 12.6. The largest absolute Gasteiger partial charge is 0.399 e. The Bertz CT molecular complexity index is 1590. The van der Waals surface area contributed by atoms with E-state index in [9.17, 15) is 43.7 Å². The van der Waals surface area contributed by atoms with Gasteiger partial charge < -0.3 is 11.1 Å². The fourth-order valence-electron chi connectivity index (χ4n) is 2.90. The molecular weight excluding hydrogens is 488 g/mol. The van der Waals surface area contributed by atoms with Gasteiger partial charge in [0.25, 0.3) is 36.3 Å². The molecule has 0 unspecified atom stereocenters. The van der Waals surface area contributed by atoms with Crippen LogP contribution in [0.1, 0.15) is 10.4 Å². The van der Waals surface area contributed by atoms with Crippen molar-refractivity contribution in [1.82, 2.24) is 0 Å². The van der Waals surface area contributed by atoms with Crippen LogP contribution >= 0.6 is 0 Å². The summed E-state index contributed by atoms with van der Waals surface area (Å²) in [5.74, 6) is -0.869. The zero-order valence-corrected chi connectivity index (χ0v) is 18.1. The van der Waals surface area contributed by atoms with Crippen molar-refractivity contribution in [3.8, 4) is 0 Å². The van der Waals surface area contributed by atoms with Crippen molar-refractivity contribution < 1.29 is 43.7 Å². The number of rotatable bonds is 5. The molecule has 32 heavy (non-hydrogen) atoms. The fourth-order valence-corrected chi connectivity index (χ4v) is 4.82. The zero-order chi connectivity index (χ0) is 24.1. The van der Waals surface area contributed by atoms with Crippen molar-refractivity contribution in [1.29, 1.82) is 0 Å². The summed E-state index contributed by atoms with van der Waals surface area (Å²) >= 11 is 0. The van der Waals surface area contributed by atoms with E-state index in [0.29, 0.717) is 24.3 Å². The normalized spacial score (nSPS) is 12.6. The highest BCUT2D eigenvalue weighted by Gasteiger charge is 2.25. The predicted molar refractivity (Wildman–Crippen MR) is 112 cm³/mol. The van der Waals surface area contributed by atoms with E-state index in [0.717, 1.165) is 0 Å². The van der Waals surface area contributed by atoms with Gasteiger partial charge in [-0.25, -0.2) is 0 Å². The Kier molecular flexibility index (Phi) is 5.75. The summed E-state index contributed by atoms with van der Waals surface area (Å²) in [7, 11) is -15.1. The molecule has 0 heterocycles. The molecular formula is C17H14N2O10S3. The van der Waals surface area contributed by atoms with Gasteiger partial charge in [0.15, 0.2) is 0 Å². The summed E-state index contributed by atoms with van der Waals surface area (Å²) < 4.78 is 98.7. The van der Waals surface area contributed by atoms with Gasteiger partial charge in [0.1, 0.15) is 4.90 Å². The molecule has 6 N–H and O–H groups in total. The Labute approximate surface area is 181 Å². The third-order valence-corrected chi connectivity index (χ3v) is 6.77. The zero-order valence-electron chi connectivity index (χ0n) is 15.6. The minimum Gasteiger partial charge on any atom is -0.399 e. The number of nitrogen functional groups attached to an aromatic ring is 1. The Balaban J connectivity index is 2.41. The molecule has 0 aromatic heterocycles. The third-order valence-electron chi connectivity index (χ3n) is 4.23. The molecule has 3 aromatic carbocycles. The molecule has 0 bridgehead atoms. The van der Waals surface area contributed by atoms with E-state index in [2.05, 4.69) is 5.32 Å². The number of nitrogens with one attached hydrogen (secondary N) is 1. The molecule has 0 saturated carbocycles. The molecule has 3 rings (SSSR count). The number of amides is 1. The van der Waals surface area contributed by atoms with Gasteiger partial charge in [-0.05, 0) is 47.9 Å². The van der Waals surface area contributed by atoms with Gasteiger partial charge in [-0.15, -0.1) is 0 Å². The van der Waals surface area contributed by atoms with Gasteiger partial charge in [-0.1, -0.05) is 6.07 Å². The summed E-state index contributed by atoms with van der Waals surface area (Å²) in [6.45, 7) is 0. The number of carbonyl (C=O) groups is 1. The molecule has 12 nitrogen and oxygen atoms in total. The van der Waals surface area contributed by atoms with Crippen molar-refractivity contribution in [2.24, 2.45) is 0 Å². The molecule has 0 fully saturated rings. The van der Waals surface area contributed by atoms with E-state index in [1.807, 2.05) is 0 Å². The maximum absolute atomic E-state index is 12.6. The quantitative estimate of drug-likeness (QED) is 0.248. The van der Waals surface area contributed by atoms with Gasteiger partial charge >= 0.3 is 0 Å². The summed E-state index contributed by atoms with van der Waals surface area (Å²) in [6.07, 6.45) is 0. The van der Waals surface area contributed by atoms with Crippen molar-refractivity contribution in [2.75, 3.05) is 11.1 Å². The SMILES string of the molecule is Nc1cccc(C(=O)Nc2cc(S(=O)(=O)O)cc3cc(S(=O)(=O)O)cc(S(=O)(=O)O)c23)c1. The fraction of sp³-hybridized carbons (Fsp3) is 0. The van der Waals surface area contributed by atoms with Crippen LogP contribution in [0.5, 0.6) is 0 Å². The predicted octanol–water partition coefficient (Wildman–Crippen LogP) is 1.41. The second kappa shape index (κ2) is 7.80. The Morgan fingerprint density at radius 1 is 0.781 bits per heavy atom. The van der Waals surface area contributed by atoms with E-state index < -0.39 is 67.4 Å². The van der Waals surface area contributed by atoms with Gasteiger partial charge in [0, 0.05) is 16.6 Å². The third kappa shape index (κ3) is 4.87. The van der Waals surface area contributed by atoms with Gasteiger partial charge in [-0.3, -0.25) is 18.5 Å². The summed E-state index contributed by atoms with van der Waals surface area (Å²) in [5.41, 5.74) is 5.32. The Morgan fingerprint density at radius 2 is 1.34 bits per heavy atom. The molecule has 0 atom stereocenters. The maximum atomic E-state index is 12.6.